The van der Waals surface area contributed by atoms with Crippen LogP contribution in [0.5, 0.6) is 0 Å². The molecule has 6 nitrogen and oxygen atoms in total. The highest BCUT2D eigenvalue weighted by Gasteiger charge is 2.00. The first-order valence-electron chi connectivity index (χ1n) is 4.75. The number of H-pyrrole nitrogens is 1. The summed E-state index contributed by atoms with van der Waals surface area (Å²) in [4.78, 5) is 14.7. The molecular weight excluding hydrogens is 228 g/mol. The van der Waals surface area contributed by atoms with Crippen LogP contribution in [0.2, 0.25) is 5.15 Å². The number of aromatic nitrogens is 4. The van der Waals surface area contributed by atoms with Crippen LogP contribution in [0.4, 0.5) is 11.8 Å². The molecule has 0 unspecified atom stereocenters. The van der Waals surface area contributed by atoms with E-state index in [2.05, 4.69) is 25.3 Å². The van der Waals surface area contributed by atoms with Gasteiger partial charge in [0.15, 0.2) is 0 Å². The molecule has 0 fully saturated rings. The minimum Gasteiger partial charge on any atom is -0.369 e. The number of nitrogens with one attached hydrogen (secondary N) is 2. The minimum absolute atomic E-state index is 0.163. The van der Waals surface area contributed by atoms with Gasteiger partial charge in [0.2, 0.25) is 5.95 Å². The number of nitrogens with zero attached hydrogens (tertiary/aromatic N) is 3. The van der Waals surface area contributed by atoms with Gasteiger partial charge >= 0.3 is 0 Å². The van der Waals surface area contributed by atoms with Gasteiger partial charge in [0.05, 0.1) is 6.33 Å². The molecule has 16 heavy (non-hydrogen) atoms. The van der Waals surface area contributed by atoms with Crippen LogP contribution < -0.4 is 11.1 Å². The monoisotopic (exact) mass is 238 g/mol. The first-order valence-corrected chi connectivity index (χ1v) is 5.13. The second kappa shape index (κ2) is 4.80. The normalized spacial score (nSPS) is 10.3. The lowest BCUT2D eigenvalue weighted by Crippen LogP contribution is -2.08. The molecule has 2 aromatic heterocycles. The fourth-order valence-corrected chi connectivity index (χ4v) is 1.46. The lowest BCUT2D eigenvalue weighted by Gasteiger charge is -2.05. The summed E-state index contributed by atoms with van der Waals surface area (Å²) >= 11 is 5.74. The van der Waals surface area contributed by atoms with Gasteiger partial charge in [-0.1, -0.05) is 11.6 Å². The first-order chi connectivity index (χ1) is 7.74. The number of hydrogen-bond donors (Lipinski definition) is 3. The van der Waals surface area contributed by atoms with Crippen molar-refractivity contribution in [3.05, 3.63) is 29.4 Å². The number of imidazole rings is 1. The van der Waals surface area contributed by atoms with Crippen LogP contribution in [-0.4, -0.2) is 26.5 Å². The van der Waals surface area contributed by atoms with Crippen LogP contribution in [0.15, 0.2) is 18.6 Å². The minimum atomic E-state index is 0.163. The highest BCUT2D eigenvalue weighted by Crippen LogP contribution is 2.12. The smallest absolute Gasteiger partial charge is 0.223 e. The summed E-state index contributed by atoms with van der Waals surface area (Å²) in [5, 5.41) is 3.43. The average Bonchev–Trinajstić information content (AvgIpc) is 2.69. The molecule has 0 saturated carbocycles. The third kappa shape index (κ3) is 2.83. The molecule has 0 aromatic carbocycles. The maximum absolute atomic E-state index is 5.74. The quantitative estimate of drug-likeness (QED) is 0.694. The predicted octanol–water partition coefficient (Wildman–Crippen LogP) is 1.09. The third-order valence-electron chi connectivity index (χ3n) is 1.97. The number of nitrogen functional groups attached to an aromatic ring is 1. The van der Waals surface area contributed by atoms with Crippen molar-refractivity contribution in [2.45, 2.75) is 6.42 Å². The van der Waals surface area contributed by atoms with E-state index in [-0.39, 0.29) is 5.95 Å². The van der Waals surface area contributed by atoms with Crippen molar-refractivity contribution in [1.29, 1.82) is 0 Å². The summed E-state index contributed by atoms with van der Waals surface area (Å²) in [6, 6.07) is 1.63. The van der Waals surface area contributed by atoms with Crippen LogP contribution in [0.1, 0.15) is 5.69 Å². The molecule has 2 aromatic rings. The van der Waals surface area contributed by atoms with Crippen LogP contribution >= 0.6 is 11.6 Å². The van der Waals surface area contributed by atoms with Crippen molar-refractivity contribution in [1.82, 2.24) is 19.9 Å². The van der Waals surface area contributed by atoms with E-state index in [1.807, 2.05) is 0 Å². The lowest BCUT2D eigenvalue weighted by atomic mass is 10.3. The zero-order chi connectivity index (χ0) is 11.4. The maximum Gasteiger partial charge on any atom is 0.223 e. The van der Waals surface area contributed by atoms with E-state index in [0.717, 1.165) is 18.7 Å². The Bertz CT molecular complexity index is 435. The van der Waals surface area contributed by atoms with Crippen molar-refractivity contribution in [3.8, 4) is 0 Å². The predicted molar refractivity (Wildman–Crippen MR) is 62.2 cm³/mol. The fraction of sp³-hybridized carbons (Fsp3) is 0.222. The Kier molecular flexibility index (Phi) is 3.21. The Morgan fingerprint density at radius 1 is 1.44 bits per heavy atom. The largest absolute Gasteiger partial charge is 0.369 e. The van der Waals surface area contributed by atoms with Crippen molar-refractivity contribution in [2.24, 2.45) is 0 Å². The Balaban J connectivity index is 1.89. The van der Waals surface area contributed by atoms with Crippen molar-refractivity contribution in [2.75, 3.05) is 17.6 Å². The molecule has 0 aliphatic rings. The zero-order valence-corrected chi connectivity index (χ0v) is 9.20. The van der Waals surface area contributed by atoms with E-state index in [4.69, 9.17) is 17.3 Å². The summed E-state index contributed by atoms with van der Waals surface area (Å²) in [6.45, 7) is 0.717. The number of aromatic amines is 1. The van der Waals surface area contributed by atoms with Crippen LogP contribution in [-0.2, 0) is 6.42 Å². The Morgan fingerprint density at radius 3 is 3.00 bits per heavy atom. The van der Waals surface area contributed by atoms with Gasteiger partial charge in [-0.2, -0.15) is 4.98 Å². The van der Waals surface area contributed by atoms with Crippen molar-refractivity contribution < 1.29 is 0 Å². The molecule has 4 N–H and O–H groups in total. The molecule has 0 bridgehead atoms. The molecule has 0 atom stereocenters. The molecule has 2 heterocycles. The summed E-state index contributed by atoms with van der Waals surface area (Å²) in [5.41, 5.74) is 6.52. The number of anilines is 2. The fourth-order valence-electron chi connectivity index (χ4n) is 1.27. The van der Waals surface area contributed by atoms with Gasteiger partial charge in [-0.25, -0.2) is 9.97 Å². The molecule has 0 saturated heterocycles. The SMILES string of the molecule is Nc1nc(Cl)cc(NCCc2cnc[nH]2)n1. The summed E-state index contributed by atoms with van der Waals surface area (Å²) < 4.78 is 0. The van der Waals surface area contributed by atoms with Gasteiger partial charge in [0, 0.05) is 30.9 Å². The van der Waals surface area contributed by atoms with Crippen LogP contribution in [0.25, 0.3) is 0 Å². The van der Waals surface area contributed by atoms with Gasteiger partial charge < -0.3 is 16.0 Å². The second-order valence-corrected chi connectivity index (χ2v) is 3.57. The molecule has 0 amide bonds. The van der Waals surface area contributed by atoms with Gasteiger partial charge in [-0.3, -0.25) is 0 Å². The Labute approximate surface area is 97.3 Å². The average molecular weight is 239 g/mol. The molecule has 84 valence electrons. The zero-order valence-electron chi connectivity index (χ0n) is 8.44. The second-order valence-electron chi connectivity index (χ2n) is 3.19. The van der Waals surface area contributed by atoms with Crippen molar-refractivity contribution >= 4 is 23.4 Å². The van der Waals surface area contributed by atoms with Gasteiger partial charge in [-0.05, 0) is 0 Å². The van der Waals surface area contributed by atoms with E-state index in [1.54, 1.807) is 18.6 Å². The molecule has 0 spiro atoms. The Hall–Kier alpha value is -1.82. The summed E-state index contributed by atoms with van der Waals surface area (Å²) in [6.07, 6.45) is 4.25. The van der Waals surface area contributed by atoms with Crippen LogP contribution in [0.3, 0.4) is 0 Å². The molecular formula is C9H11ClN6. The molecule has 0 radical (unpaired) electrons. The number of halogens is 1. The van der Waals surface area contributed by atoms with E-state index < -0.39 is 0 Å². The number of hydrogen-bond acceptors (Lipinski definition) is 5. The first kappa shape index (κ1) is 10.7. The molecule has 0 aliphatic carbocycles. The highest BCUT2D eigenvalue weighted by molar-refractivity contribution is 6.29. The molecule has 7 heteroatoms. The number of nitrogens with two attached hydrogens (primary N) is 1. The van der Waals surface area contributed by atoms with E-state index >= 15 is 0 Å². The van der Waals surface area contributed by atoms with Crippen molar-refractivity contribution in [3.63, 3.8) is 0 Å². The van der Waals surface area contributed by atoms with Gasteiger partial charge in [-0.15, -0.1) is 0 Å². The van der Waals surface area contributed by atoms with Crippen LogP contribution in [0, 0.1) is 0 Å². The van der Waals surface area contributed by atoms with Gasteiger partial charge in [0.25, 0.3) is 0 Å². The standard InChI is InChI=1S/C9H11ClN6/c10-7-3-8(16-9(11)15-7)13-2-1-6-4-12-5-14-6/h3-5H,1-2H2,(H,12,14)(H3,11,13,15,16). The summed E-state index contributed by atoms with van der Waals surface area (Å²) in [5.74, 6) is 0.786. The molecule has 0 aliphatic heterocycles. The number of rotatable bonds is 4. The van der Waals surface area contributed by atoms with Gasteiger partial charge in [0.1, 0.15) is 11.0 Å². The highest BCUT2D eigenvalue weighted by atomic mass is 35.5. The topological polar surface area (TPSA) is 92.5 Å². The van der Waals surface area contributed by atoms with E-state index in [1.165, 1.54) is 0 Å². The van der Waals surface area contributed by atoms with E-state index in [9.17, 15) is 0 Å². The molecule has 2 rings (SSSR count). The summed E-state index contributed by atoms with van der Waals surface area (Å²) in [7, 11) is 0. The lowest BCUT2D eigenvalue weighted by molar-refractivity contribution is 0.965. The third-order valence-corrected chi connectivity index (χ3v) is 2.16. The maximum atomic E-state index is 5.74. The van der Waals surface area contributed by atoms with E-state index in [0.29, 0.717) is 11.0 Å². The Morgan fingerprint density at radius 2 is 2.31 bits per heavy atom.